The van der Waals surface area contributed by atoms with Crippen LogP contribution in [0.3, 0.4) is 0 Å². The van der Waals surface area contributed by atoms with E-state index in [1.165, 1.54) is 24.3 Å². The van der Waals surface area contributed by atoms with Gasteiger partial charge >= 0.3 is 6.18 Å². The molecule has 0 amide bonds. The van der Waals surface area contributed by atoms with Crippen molar-refractivity contribution in [2.45, 2.75) is 11.1 Å². The molecule has 0 bridgehead atoms. The Kier molecular flexibility index (Phi) is 5.54. The minimum Gasteiger partial charge on any atom is -0.232 e. The third kappa shape index (κ3) is 4.37. The minimum absolute atomic E-state index is 0.105. The Bertz CT molecular complexity index is 1430. The molecule has 0 spiro atoms. The van der Waals surface area contributed by atoms with Crippen molar-refractivity contribution in [2.24, 2.45) is 5.14 Å². The van der Waals surface area contributed by atoms with Gasteiger partial charge in [0.1, 0.15) is 11.6 Å². The molecule has 3 aromatic carbocycles. The van der Waals surface area contributed by atoms with Crippen molar-refractivity contribution >= 4 is 10.0 Å². The monoisotopic (exact) mass is 479 g/mol. The van der Waals surface area contributed by atoms with Gasteiger partial charge in [-0.2, -0.15) is 18.3 Å². The molecule has 1 heterocycles. The molecule has 0 saturated carbocycles. The van der Waals surface area contributed by atoms with Gasteiger partial charge in [0.15, 0.2) is 5.69 Å². The van der Waals surface area contributed by atoms with Gasteiger partial charge in [0.25, 0.3) is 0 Å². The van der Waals surface area contributed by atoms with Gasteiger partial charge in [0.2, 0.25) is 10.0 Å². The van der Waals surface area contributed by atoms with Crippen LogP contribution in [0.25, 0.3) is 28.1 Å². The van der Waals surface area contributed by atoms with E-state index in [9.17, 15) is 30.4 Å². The number of benzene rings is 3. The lowest BCUT2D eigenvalue weighted by atomic mass is 9.97. The van der Waals surface area contributed by atoms with Crippen LogP contribution in [0, 0.1) is 11.6 Å². The molecule has 0 aliphatic heterocycles. The average molecular weight is 479 g/mol. The number of alkyl halides is 3. The van der Waals surface area contributed by atoms with Crippen LogP contribution in [0.15, 0.2) is 77.7 Å². The maximum atomic E-state index is 14.7. The zero-order chi connectivity index (χ0) is 24.0. The molecular formula is C22H14F5N3O2S. The number of nitrogens with two attached hydrogens (primary N) is 1. The summed E-state index contributed by atoms with van der Waals surface area (Å²) in [6.07, 6.45) is -4.98. The fourth-order valence-electron chi connectivity index (χ4n) is 3.39. The molecule has 4 aromatic rings. The smallest absolute Gasteiger partial charge is 0.232 e. The summed E-state index contributed by atoms with van der Waals surface area (Å²) in [5, 5.41) is 8.83. The summed E-state index contributed by atoms with van der Waals surface area (Å²) in [6.45, 7) is 0. The third-order valence-electron chi connectivity index (χ3n) is 4.81. The largest absolute Gasteiger partial charge is 0.435 e. The van der Waals surface area contributed by atoms with E-state index >= 15 is 0 Å². The van der Waals surface area contributed by atoms with Gasteiger partial charge in [0, 0.05) is 22.8 Å². The number of sulfonamides is 1. The van der Waals surface area contributed by atoms with E-state index in [0.717, 1.165) is 28.9 Å². The molecule has 2 N–H and O–H groups in total. The highest BCUT2D eigenvalue weighted by Crippen LogP contribution is 2.44. The van der Waals surface area contributed by atoms with E-state index < -0.39 is 44.7 Å². The van der Waals surface area contributed by atoms with E-state index in [-0.39, 0.29) is 21.8 Å². The van der Waals surface area contributed by atoms with E-state index in [2.05, 4.69) is 5.10 Å². The van der Waals surface area contributed by atoms with E-state index in [4.69, 9.17) is 5.14 Å². The van der Waals surface area contributed by atoms with Crippen LogP contribution in [0.1, 0.15) is 5.69 Å². The van der Waals surface area contributed by atoms with E-state index in [0.29, 0.717) is 6.07 Å². The van der Waals surface area contributed by atoms with Gasteiger partial charge in [-0.05, 0) is 36.4 Å². The Labute approximate surface area is 185 Å². The first-order valence-corrected chi connectivity index (χ1v) is 10.9. The number of nitrogens with zero attached hydrogens (tertiary/aromatic N) is 2. The quantitative estimate of drug-likeness (QED) is 0.411. The highest BCUT2D eigenvalue weighted by atomic mass is 32.2. The van der Waals surface area contributed by atoms with Gasteiger partial charge in [-0.3, -0.25) is 0 Å². The summed E-state index contributed by atoms with van der Waals surface area (Å²) in [5.74, 6) is -2.17. The highest BCUT2D eigenvalue weighted by molar-refractivity contribution is 7.89. The molecule has 0 saturated heterocycles. The third-order valence-corrected chi connectivity index (χ3v) is 5.74. The fourth-order valence-corrected chi connectivity index (χ4v) is 3.90. The SMILES string of the molecule is NS(=O)(=O)c1ccc(-c2c(-c3ccc(F)cc3F)c(C(F)(F)F)nn2-c2ccccc2)cc1. The molecule has 4 rings (SSSR count). The van der Waals surface area contributed by atoms with Crippen LogP contribution in [0.2, 0.25) is 0 Å². The van der Waals surface area contributed by atoms with Crippen molar-refractivity contribution in [3.63, 3.8) is 0 Å². The highest BCUT2D eigenvalue weighted by Gasteiger charge is 2.41. The Morgan fingerprint density at radius 2 is 1.52 bits per heavy atom. The van der Waals surface area contributed by atoms with Crippen LogP contribution in [-0.4, -0.2) is 18.2 Å². The Hall–Kier alpha value is -3.57. The molecule has 0 radical (unpaired) electrons. The zero-order valence-corrected chi connectivity index (χ0v) is 17.3. The second-order valence-electron chi connectivity index (χ2n) is 7.01. The summed E-state index contributed by atoms with van der Waals surface area (Å²) in [5.41, 5.74) is -2.35. The van der Waals surface area contributed by atoms with Crippen molar-refractivity contribution < 1.29 is 30.4 Å². The van der Waals surface area contributed by atoms with Crippen molar-refractivity contribution in [3.05, 3.63) is 90.1 Å². The molecule has 170 valence electrons. The molecule has 0 atom stereocenters. The maximum Gasteiger partial charge on any atom is 0.435 e. The van der Waals surface area contributed by atoms with Crippen molar-refractivity contribution in [1.29, 1.82) is 0 Å². The van der Waals surface area contributed by atoms with Crippen LogP contribution in [-0.2, 0) is 16.2 Å². The Balaban J connectivity index is 2.11. The fraction of sp³-hybridized carbons (Fsp3) is 0.0455. The number of primary sulfonamides is 1. The minimum atomic E-state index is -4.98. The number of rotatable bonds is 4. The second kappa shape index (κ2) is 8.09. The normalized spacial score (nSPS) is 12.2. The van der Waals surface area contributed by atoms with Crippen LogP contribution < -0.4 is 5.14 Å². The standard InChI is InChI=1S/C22H14F5N3O2S/c23-14-8-11-17(18(24)12-14)19-20(13-6-9-16(10-7-13)33(28,31)32)30(15-4-2-1-3-5-15)29-21(19)22(25,26)27/h1-12H,(H2,28,31,32). The predicted molar refractivity (Wildman–Crippen MR) is 111 cm³/mol. The lowest BCUT2D eigenvalue weighted by Gasteiger charge is -2.12. The Morgan fingerprint density at radius 3 is 2.06 bits per heavy atom. The van der Waals surface area contributed by atoms with Crippen molar-refractivity contribution in [2.75, 3.05) is 0 Å². The van der Waals surface area contributed by atoms with Crippen molar-refractivity contribution in [1.82, 2.24) is 9.78 Å². The molecule has 11 heteroatoms. The molecule has 0 aliphatic rings. The van der Waals surface area contributed by atoms with E-state index in [1.807, 2.05) is 0 Å². The van der Waals surface area contributed by atoms with Gasteiger partial charge in [0.05, 0.1) is 16.3 Å². The van der Waals surface area contributed by atoms with Crippen LogP contribution >= 0.6 is 0 Å². The molecule has 1 aromatic heterocycles. The number of hydrogen-bond donors (Lipinski definition) is 1. The number of hydrogen-bond acceptors (Lipinski definition) is 3. The summed E-state index contributed by atoms with van der Waals surface area (Å²) >= 11 is 0. The number of halogens is 5. The lowest BCUT2D eigenvalue weighted by molar-refractivity contribution is -0.140. The number of para-hydroxylation sites is 1. The summed E-state index contributed by atoms with van der Waals surface area (Å²) in [6, 6.07) is 14.7. The van der Waals surface area contributed by atoms with Crippen LogP contribution in [0.5, 0.6) is 0 Å². The molecule has 5 nitrogen and oxygen atoms in total. The number of aromatic nitrogens is 2. The van der Waals surface area contributed by atoms with Crippen LogP contribution in [0.4, 0.5) is 22.0 Å². The summed E-state index contributed by atoms with van der Waals surface area (Å²) < 4.78 is 94.4. The second-order valence-corrected chi connectivity index (χ2v) is 8.57. The Morgan fingerprint density at radius 1 is 0.879 bits per heavy atom. The molecule has 0 fully saturated rings. The molecule has 33 heavy (non-hydrogen) atoms. The molecule has 0 aliphatic carbocycles. The summed E-state index contributed by atoms with van der Waals surface area (Å²) in [7, 11) is -4.06. The first kappa shape index (κ1) is 22.6. The van der Waals surface area contributed by atoms with Gasteiger partial charge in [-0.1, -0.05) is 30.3 Å². The molecule has 0 unspecified atom stereocenters. The average Bonchev–Trinajstić information content (AvgIpc) is 3.15. The first-order valence-electron chi connectivity index (χ1n) is 9.31. The molecular weight excluding hydrogens is 465 g/mol. The van der Waals surface area contributed by atoms with E-state index in [1.54, 1.807) is 18.2 Å². The van der Waals surface area contributed by atoms with Gasteiger partial charge < -0.3 is 0 Å². The summed E-state index contributed by atoms with van der Waals surface area (Å²) in [4.78, 5) is -0.261. The van der Waals surface area contributed by atoms with Gasteiger partial charge in [-0.25, -0.2) is 27.0 Å². The topological polar surface area (TPSA) is 78.0 Å². The van der Waals surface area contributed by atoms with Gasteiger partial charge in [-0.15, -0.1) is 0 Å². The lowest BCUT2D eigenvalue weighted by Crippen LogP contribution is -2.11. The zero-order valence-electron chi connectivity index (χ0n) is 16.5. The van der Waals surface area contributed by atoms with Crippen molar-refractivity contribution in [3.8, 4) is 28.1 Å². The predicted octanol–water partition coefficient (Wildman–Crippen LogP) is 5.15. The first-order chi connectivity index (χ1) is 15.5. The maximum absolute atomic E-state index is 14.7.